The molecule has 0 atom stereocenters. The number of rotatable bonds is 9. The van der Waals surface area contributed by atoms with Crippen LogP contribution >= 0.6 is 23.1 Å². The van der Waals surface area contributed by atoms with Gasteiger partial charge in [-0.3, -0.25) is 4.79 Å². The van der Waals surface area contributed by atoms with Gasteiger partial charge in [0.1, 0.15) is 16.4 Å². The Balaban J connectivity index is 1.29. The minimum absolute atomic E-state index is 0.00572. The van der Waals surface area contributed by atoms with Crippen LogP contribution < -0.4 is 15.8 Å². The number of carbonyl (C=O) groups excluding carboxylic acids is 1. The predicted molar refractivity (Wildman–Crippen MR) is 134 cm³/mol. The van der Waals surface area contributed by atoms with Gasteiger partial charge in [0, 0.05) is 30.0 Å². The molecule has 176 valence electrons. The number of nitrogens with two attached hydrogens (primary N) is 1. The molecular weight excluding hydrogens is 456 g/mol. The quantitative estimate of drug-likeness (QED) is 0.334. The summed E-state index contributed by atoms with van der Waals surface area (Å²) in [5.74, 6) is 1.94. The lowest BCUT2D eigenvalue weighted by molar-refractivity contribution is -0.120. The normalized spacial score (nSPS) is 14.8. The van der Waals surface area contributed by atoms with Crippen LogP contribution in [0.3, 0.4) is 0 Å². The molecule has 0 saturated carbocycles. The molecule has 33 heavy (non-hydrogen) atoms. The highest BCUT2D eigenvalue weighted by molar-refractivity contribution is 7.99. The fourth-order valence-corrected chi connectivity index (χ4v) is 5.62. The lowest BCUT2D eigenvalue weighted by atomic mass is 9.94. The number of hydrogen-bond acceptors (Lipinski definition) is 8. The number of thiophene rings is 1. The van der Waals surface area contributed by atoms with E-state index in [2.05, 4.69) is 31.1 Å². The van der Waals surface area contributed by atoms with Crippen LogP contribution in [-0.4, -0.2) is 33.8 Å². The topological polar surface area (TPSA) is 99.4 Å². The summed E-state index contributed by atoms with van der Waals surface area (Å²) in [6.45, 7) is 8.03. The van der Waals surface area contributed by atoms with Crippen LogP contribution in [0.25, 0.3) is 10.2 Å². The van der Waals surface area contributed by atoms with Crippen molar-refractivity contribution in [3.05, 3.63) is 40.3 Å². The number of thioether (sulfide) groups is 1. The van der Waals surface area contributed by atoms with Crippen molar-refractivity contribution < 1.29 is 14.3 Å². The van der Waals surface area contributed by atoms with E-state index >= 15 is 0 Å². The molecule has 1 aromatic carbocycles. The van der Waals surface area contributed by atoms with Gasteiger partial charge in [-0.25, -0.2) is 9.97 Å². The molecule has 3 N–H and O–H groups in total. The Bertz CT molecular complexity index is 1130. The molecule has 0 aliphatic carbocycles. The van der Waals surface area contributed by atoms with Crippen LogP contribution in [0.5, 0.6) is 5.75 Å². The summed E-state index contributed by atoms with van der Waals surface area (Å²) in [6, 6.07) is 7.80. The molecule has 4 rings (SSSR count). The molecule has 0 fully saturated rings. The Morgan fingerprint density at radius 3 is 2.85 bits per heavy atom. The monoisotopic (exact) mass is 486 g/mol. The van der Waals surface area contributed by atoms with E-state index in [4.69, 9.17) is 20.2 Å². The summed E-state index contributed by atoms with van der Waals surface area (Å²) in [6.07, 6.45) is 2.16. The first-order valence-electron chi connectivity index (χ1n) is 11.2. The average Bonchev–Trinajstić information content (AvgIpc) is 3.14. The van der Waals surface area contributed by atoms with E-state index in [1.807, 2.05) is 24.3 Å². The smallest absolute Gasteiger partial charge is 0.221 e. The average molecular weight is 487 g/mol. The highest BCUT2D eigenvalue weighted by Gasteiger charge is 2.30. The van der Waals surface area contributed by atoms with Crippen LogP contribution in [0, 0.1) is 0 Å². The maximum absolute atomic E-state index is 12.3. The molecule has 2 aromatic heterocycles. The Labute approximate surface area is 202 Å². The summed E-state index contributed by atoms with van der Waals surface area (Å²) >= 11 is 3.07. The van der Waals surface area contributed by atoms with Gasteiger partial charge in [-0.05, 0) is 43.5 Å². The molecule has 7 nitrogen and oxygen atoms in total. The number of ether oxygens (including phenoxy) is 2. The molecule has 0 radical (unpaired) electrons. The summed E-state index contributed by atoms with van der Waals surface area (Å²) < 4.78 is 11.5. The maximum Gasteiger partial charge on any atom is 0.221 e. The van der Waals surface area contributed by atoms with Gasteiger partial charge < -0.3 is 20.5 Å². The van der Waals surface area contributed by atoms with Gasteiger partial charge in [0.15, 0.2) is 5.16 Å². The fourth-order valence-electron chi connectivity index (χ4n) is 3.66. The number of fused-ring (bicyclic) bond motifs is 3. The zero-order valence-electron chi connectivity index (χ0n) is 19.3. The van der Waals surface area contributed by atoms with E-state index in [0.29, 0.717) is 42.9 Å². The molecule has 9 heteroatoms. The summed E-state index contributed by atoms with van der Waals surface area (Å²) in [5.41, 5.74) is 8.35. The summed E-state index contributed by atoms with van der Waals surface area (Å²) in [4.78, 5) is 23.5. The predicted octanol–water partition coefficient (Wildman–Crippen LogP) is 4.71. The maximum atomic E-state index is 12.3. The van der Waals surface area contributed by atoms with Crippen molar-refractivity contribution >= 4 is 45.0 Å². The minimum atomic E-state index is -0.209. The van der Waals surface area contributed by atoms with E-state index in [-0.39, 0.29) is 11.5 Å². The number of hydrogen-bond donors (Lipinski definition) is 2. The third-order valence-electron chi connectivity index (χ3n) is 5.38. The number of nitrogen functional groups attached to an aromatic ring is 1. The molecular formula is C24H30N4O3S2. The van der Waals surface area contributed by atoms with E-state index in [1.165, 1.54) is 22.2 Å². The summed E-state index contributed by atoms with van der Waals surface area (Å²) in [7, 11) is 0. The molecule has 1 aliphatic rings. The third-order valence-corrected chi connectivity index (χ3v) is 7.33. The second-order valence-electron chi connectivity index (χ2n) is 8.67. The molecule has 0 unspecified atom stereocenters. The third kappa shape index (κ3) is 5.96. The van der Waals surface area contributed by atoms with Crippen molar-refractivity contribution in [2.24, 2.45) is 0 Å². The SMILES string of the molecule is CCCOc1ccc(CNC(=O)CCSc2nc(N)c3c4c(sc3n2)COC(C)(C)C4)cc1. The lowest BCUT2D eigenvalue weighted by Gasteiger charge is -2.30. The number of nitrogens with one attached hydrogen (secondary N) is 1. The minimum Gasteiger partial charge on any atom is -0.494 e. The van der Waals surface area contributed by atoms with Gasteiger partial charge in [0.05, 0.1) is 24.2 Å². The van der Waals surface area contributed by atoms with Crippen LogP contribution in [-0.2, 0) is 29.1 Å². The Morgan fingerprint density at radius 2 is 2.09 bits per heavy atom. The highest BCUT2D eigenvalue weighted by Crippen LogP contribution is 2.40. The second kappa shape index (κ2) is 10.3. The number of amides is 1. The zero-order valence-corrected chi connectivity index (χ0v) is 20.9. The molecule has 0 saturated heterocycles. The van der Waals surface area contributed by atoms with Crippen molar-refractivity contribution in [3.63, 3.8) is 0 Å². The van der Waals surface area contributed by atoms with Gasteiger partial charge in [-0.15, -0.1) is 11.3 Å². The Hall–Kier alpha value is -2.36. The van der Waals surface area contributed by atoms with Crippen molar-refractivity contribution in [1.29, 1.82) is 0 Å². The first-order valence-corrected chi connectivity index (χ1v) is 13.0. The van der Waals surface area contributed by atoms with E-state index < -0.39 is 0 Å². The van der Waals surface area contributed by atoms with E-state index in [1.54, 1.807) is 11.3 Å². The number of benzene rings is 1. The van der Waals surface area contributed by atoms with Gasteiger partial charge in [0.25, 0.3) is 0 Å². The first kappa shape index (κ1) is 23.8. The van der Waals surface area contributed by atoms with Gasteiger partial charge >= 0.3 is 0 Å². The molecule has 1 aliphatic heterocycles. The van der Waals surface area contributed by atoms with Gasteiger partial charge in [0.2, 0.25) is 5.91 Å². The first-order chi connectivity index (χ1) is 15.8. The van der Waals surface area contributed by atoms with Crippen molar-refractivity contribution in [2.45, 2.75) is 63.9 Å². The van der Waals surface area contributed by atoms with Crippen LogP contribution in [0.4, 0.5) is 5.82 Å². The molecule has 3 aromatic rings. The molecule has 0 spiro atoms. The second-order valence-corrected chi connectivity index (χ2v) is 10.8. The van der Waals surface area contributed by atoms with Crippen LogP contribution in [0.1, 0.15) is 49.6 Å². The number of carbonyl (C=O) groups is 1. The molecule has 1 amide bonds. The summed E-state index contributed by atoms with van der Waals surface area (Å²) in [5, 5.41) is 4.52. The number of nitrogens with zero attached hydrogens (tertiary/aromatic N) is 2. The molecule has 0 bridgehead atoms. The number of aromatic nitrogens is 2. The number of anilines is 1. The lowest BCUT2D eigenvalue weighted by Crippen LogP contribution is -2.31. The highest BCUT2D eigenvalue weighted by atomic mass is 32.2. The standard InChI is InChI=1S/C24H30N4O3S2/c1-4-10-30-16-7-5-15(6-8-16)13-26-19(29)9-11-32-23-27-21(25)20-17-12-24(2,3)31-14-18(17)33-22(20)28-23/h5-8H,4,9-14H2,1-3H3,(H,26,29)(H2,25,27,28). The van der Waals surface area contributed by atoms with Crippen molar-refractivity contribution in [1.82, 2.24) is 15.3 Å². The van der Waals surface area contributed by atoms with E-state index in [9.17, 15) is 4.79 Å². The largest absolute Gasteiger partial charge is 0.494 e. The van der Waals surface area contributed by atoms with Gasteiger partial charge in [-0.1, -0.05) is 30.8 Å². The molecule has 3 heterocycles. The Morgan fingerprint density at radius 1 is 1.30 bits per heavy atom. The van der Waals surface area contributed by atoms with Crippen LogP contribution in [0.2, 0.25) is 0 Å². The fraction of sp³-hybridized carbons (Fsp3) is 0.458. The van der Waals surface area contributed by atoms with E-state index in [0.717, 1.165) is 34.4 Å². The van der Waals surface area contributed by atoms with Crippen LogP contribution in [0.15, 0.2) is 29.4 Å². The van der Waals surface area contributed by atoms with Gasteiger partial charge in [-0.2, -0.15) is 0 Å². The zero-order chi connectivity index (χ0) is 23.4. The van der Waals surface area contributed by atoms with Crippen molar-refractivity contribution in [2.75, 3.05) is 18.1 Å². The Kier molecular flexibility index (Phi) is 7.41. The van der Waals surface area contributed by atoms with Crippen molar-refractivity contribution in [3.8, 4) is 5.75 Å².